The van der Waals surface area contributed by atoms with Gasteiger partial charge < -0.3 is 19.0 Å². The zero-order chi connectivity index (χ0) is 23.4. The lowest BCUT2D eigenvalue weighted by atomic mass is 9.98. The van der Waals surface area contributed by atoms with E-state index in [1.807, 2.05) is 50.5 Å². The van der Waals surface area contributed by atoms with Crippen LogP contribution in [0.5, 0.6) is 5.75 Å². The van der Waals surface area contributed by atoms with E-state index in [1.54, 1.807) is 17.0 Å². The van der Waals surface area contributed by atoms with E-state index >= 15 is 0 Å². The third-order valence-electron chi connectivity index (χ3n) is 6.07. The van der Waals surface area contributed by atoms with Crippen LogP contribution in [0, 0.1) is 0 Å². The first-order chi connectivity index (χ1) is 16.0. The van der Waals surface area contributed by atoms with Crippen molar-refractivity contribution in [3.63, 3.8) is 0 Å². The number of para-hydroxylation sites is 1. The summed E-state index contributed by atoms with van der Waals surface area (Å²) in [6.45, 7) is 4.19. The van der Waals surface area contributed by atoms with Crippen LogP contribution in [0.25, 0.3) is 11.0 Å². The van der Waals surface area contributed by atoms with Gasteiger partial charge >= 0.3 is 0 Å². The normalized spacial score (nSPS) is 15.5. The summed E-state index contributed by atoms with van der Waals surface area (Å²) >= 11 is 0. The van der Waals surface area contributed by atoms with Gasteiger partial charge in [-0.1, -0.05) is 44.0 Å². The molecule has 1 aliphatic heterocycles. The highest BCUT2D eigenvalue weighted by Gasteiger charge is 2.42. The highest BCUT2D eigenvalue weighted by atomic mass is 16.5. The number of amides is 1. The molecule has 0 fully saturated rings. The fourth-order valence-electron chi connectivity index (χ4n) is 4.42. The van der Waals surface area contributed by atoms with Crippen LogP contribution in [-0.2, 0) is 0 Å². The van der Waals surface area contributed by atoms with Crippen LogP contribution < -0.4 is 10.2 Å². The molecule has 0 bridgehead atoms. The lowest BCUT2D eigenvalue weighted by Gasteiger charge is -2.26. The zero-order valence-corrected chi connectivity index (χ0v) is 19.7. The van der Waals surface area contributed by atoms with Gasteiger partial charge in [-0.05, 0) is 63.3 Å². The van der Waals surface area contributed by atoms with E-state index in [0.717, 1.165) is 43.5 Å². The molecule has 0 radical (unpaired) electrons. The SMILES string of the molecule is CCCCCOc1cccc([C@H]2c3c(oc4ccccc4c3=O)C(=O)N2CCCN(C)C)c1. The van der Waals surface area contributed by atoms with Gasteiger partial charge in [0.1, 0.15) is 11.3 Å². The third kappa shape index (κ3) is 4.81. The predicted octanol–water partition coefficient (Wildman–Crippen LogP) is 4.86. The Labute approximate surface area is 194 Å². The number of hydrogen-bond acceptors (Lipinski definition) is 5. The number of hydrogen-bond donors (Lipinski definition) is 0. The topological polar surface area (TPSA) is 63.0 Å². The molecule has 0 spiro atoms. The predicted molar refractivity (Wildman–Crippen MR) is 130 cm³/mol. The van der Waals surface area contributed by atoms with Crippen LogP contribution in [0.2, 0.25) is 0 Å². The molecule has 174 valence electrons. The molecule has 2 heterocycles. The summed E-state index contributed by atoms with van der Waals surface area (Å²) in [5.41, 5.74) is 1.58. The maximum atomic E-state index is 13.5. The molecule has 0 unspecified atom stereocenters. The Hall–Kier alpha value is -3.12. The van der Waals surface area contributed by atoms with Crippen molar-refractivity contribution in [2.75, 3.05) is 33.8 Å². The molecule has 1 amide bonds. The molecule has 6 heteroatoms. The fraction of sp³-hybridized carbons (Fsp3) is 0.407. The van der Waals surface area contributed by atoms with Crippen LogP contribution >= 0.6 is 0 Å². The quantitative estimate of drug-likeness (QED) is 0.415. The van der Waals surface area contributed by atoms with Crippen LogP contribution in [-0.4, -0.2) is 49.5 Å². The summed E-state index contributed by atoms with van der Waals surface area (Å²) in [7, 11) is 4.02. The molecule has 2 aromatic carbocycles. The Balaban J connectivity index is 1.74. The van der Waals surface area contributed by atoms with Crippen molar-refractivity contribution in [2.24, 2.45) is 0 Å². The van der Waals surface area contributed by atoms with Crippen molar-refractivity contribution in [3.8, 4) is 5.75 Å². The molecule has 6 nitrogen and oxygen atoms in total. The van der Waals surface area contributed by atoms with E-state index in [9.17, 15) is 9.59 Å². The second-order valence-corrected chi connectivity index (χ2v) is 8.86. The molecule has 0 aliphatic carbocycles. The number of carbonyl (C=O) groups is 1. The molecule has 0 N–H and O–H groups in total. The first-order valence-corrected chi connectivity index (χ1v) is 11.8. The van der Waals surface area contributed by atoms with Crippen LogP contribution in [0.15, 0.2) is 57.7 Å². The number of benzene rings is 2. The van der Waals surface area contributed by atoms with Gasteiger partial charge in [-0.2, -0.15) is 0 Å². The molecule has 0 saturated carbocycles. The van der Waals surface area contributed by atoms with E-state index < -0.39 is 6.04 Å². The standard InChI is InChI=1S/C27H32N2O4/c1-4-5-8-17-32-20-12-9-11-19(18-20)24-23-25(30)21-13-6-7-14-22(21)33-26(23)27(31)29(24)16-10-15-28(2)3/h6-7,9,11-14,18,24H,4-5,8,10,15-17H2,1-3H3/t24-/m0/s1. The maximum Gasteiger partial charge on any atom is 0.290 e. The van der Waals surface area contributed by atoms with Gasteiger partial charge in [0.15, 0.2) is 5.43 Å². The molecular weight excluding hydrogens is 416 g/mol. The Morgan fingerprint density at radius 3 is 2.64 bits per heavy atom. The maximum absolute atomic E-state index is 13.5. The minimum absolute atomic E-state index is 0.144. The average molecular weight is 449 g/mol. The Kier molecular flexibility index (Phi) is 7.14. The summed E-state index contributed by atoms with van der Waals surface area (Å²) in [5.74, 6) is 0.677. The van der Waals surface area contributed by atoms with E-state index in [2.05, 4.69) is 11.8 Å². The zero-order valence-electron chi connectivity index (χ0n) is 19.7. The lowest BCUT2D eigenvalue weighted by Crippen LogP contribution is -2.32. The highest BCUT2D eigenvalue weighted by Crippen LogP contribution is 2.39. The second kappa shape index (κ2) is 10.2. The summed E-state index contributed by atoms with van der Waals surface area (Å²) in [6, 6.07) is 14.4. The fourth-order valence-corrected chi connectivity index (χ4v) is 4.42. The monoisotopic (exact) mass is 448 g/mol. The van der Waals surface area contributed by atoms with Crippen molar-refractivity contribution in [1.29, 1.82) is 0 Å². The molecule has 1 aromatic heterocycles. The summed E-state index contributed by atoms with van der Waals surface area (Å²) in [4.78, 5) is 30.8. The van der Waals surface area contributed by atoms with E-state index in [-0.39, 0.29) is 17.1 Å². The number of unbranched alkanes of at least 4 members (excludes halogenated alkanes) is 2. The summed E-state index contributed by atoms with van der Waals surface area (Å²) in [5, 5.41) is 0.496. The van der Waals surface area contributed by atoms with Gasteiger partial charge in [0.25, 0.3) is 5.91 Å². The van der Waals surface area contributed by atoms with Crippen LogP contribution in [0.1, 0.15) is 60.3 Å². The van der Waals surface area contributed by atoms with E-state index in [0.29, 0.717) is 29.7 Å². The molecule has 33 heavy (non-hydrogen) atoms. The van der Waals surface area contributed by atoms with Crippen molar-refractivity contribution < 1.29 is 13.9 Å². The van der Waals surface area contributed by atoms with Gasteiger partial charge in [-0.25, -0.2) is 0 Å². The average Bonchev–Trinajstić information content (AvgIpc) is 3.09. The van der Waals surface area contributed by atoms with Crippen LogP contribution in [0.3, 0.4) is 0 Å². The van der Waals surface area contributed by atoms with Crippen molar-refractivity contribution in [3.05, 3.63) is 75.6 Å². The Bertz CT molecular complexity index is 1180. The molecule has 0 saturated heterocycles. The molecule has 4 rings (SSSR count). The first kappa shape index (κ1) is 23.1. The van der Waals surface area contributed by atoms with Gasteiger partial charge in [0.2, 0.25) is 5.76 Å². The second-order valence-electron chi connectivity index (χ2n) is 8.86. The lowest BCUT2D eigenvalue weighted by molar-refractivity contribution is 0.0722. The third-order valence-corrected chi connectivity index (χ3v) is 6.07. The summed E-state index contributed by atoms with van der Waals surface area (Å²) < 4.78 is 12.0. The van der Waals surface area contributed by atoms with Gasteiger partial charge in [0, 0.05) is 6.54 Å². The van der Waals surface area contributed by atoms with Gasteiger partial charge in [-0.3, -0.25) is 9.59 Å². The number of ether oxygens (including phenoxy) is 1. The Morgan fingerprint density at radius 1 is 1.03 bits per heavy atom. The number of rotatable bonds is 10. The van der Waals surface area contributed by atoms with Gasteiger partial charge in [0.05, 0.1) is 23.6 Å². The minimum atomic E-state index is -0.491. The van der Waals surface area contributed by atoms with Crippen molar-refractivity contribution in [2.45, 2.75) is 38.6 Å². The van der Waals surface area contributed by atoms with E-state index in [4.69, 9.17) is 9.15 Å². The van der Waals surface area contributed by atoms with Crippen molar-refractivity contribution >= 4 is 16.9 Å². The number of carbonyl (C=O) groups excluding carboxylic acids is 1. The first-order valence-electron chi connectivity index (χ1n) is 11.8. The molecule has 3 aromatic rings. The van der Waals surface area contributed by atoms with Gasteiger partial charge in [-0.15, -0.1) is 0 Å². The smallest absolute Gasteiger partial charge is 0.290 e. The summed E-state index contributed by atoms with van der Waals surface area (Å²) in [6.07, 6.45) is 4.05. The largest absolute Gasteiger partial charge is 0.494 e. The minimum Gasteiger partial charge on any atom is -0.494 e. The Morgan fingerprint density at radius 2 is 1.85 bits per heavy atom. The van der Waals surface area contributed by atoms with Crippen LogP contribution in [0.4, 0.5) is 0 Å². The molecular formula is C27H32N2O4. The number of fused-ring (bicyclic) bond motifs is 2. The number of nitrogens with zero attached hydrogens (tertiary/aromatic N) is 2. The van der Waals surface area contributed by atoms with E-state index in [1.165, 1.54) is 0 Å². The molecule has 1 aliphatic rings. The van der Waals surface area contributed by atoms with Crippen molar-refractivity contribution in [1.82, 2.24) is 9.80 Å². The highest BCUT2D eigenvalue weighted by molar-refractivity contribution is 5.99. The molecule has 1 atom stereocenters.